The van der Waals surface area contributed by atoms with Crippen molar-refractivity contribution in [3.8, 4) is 0 Å². The average molecular weight is 334 g/mol. The lowest BCUT2D eigenvalue weighted by atomic mass is 10.0. The number of piperidine rings is 1. The highest BCUT2D eigenvalue weighted by Gasteiger charge is 2.25. The predicted molar refractivity (Wildman–Crippen MR) is 104 cm³/mol. The fraction of sp³-hybridized carbons (Fsp3) is 0.632. The molecular formula is C19H31N3S. The van der Waals surface area contributed by atoms with Crippen LogP contribution in [0.25, 0.3) is 0 Å². The first-order valence-corrected chi connectivity index (χ1v) is 9.18. The van der Waals surface area contributed by atoms with E-state index >= 15 is 0 Å². The number of hydrogen-bond acceptors (Lipinski definition) is 2. The Morgan fingerprint density at radius 1 is 1.35 bits per heavy atom. The van der Waals surface area contributed by atoms with E-state index in [-0.39, 0.29) is 0 Å². The van der Waals surface area contributed by atoms with Gasteiger partial charge in [-0.1, -0.05) is 19.1 Å². The molecule has 3 nitrogen and oxygen atoms in total. The van der Waals surface area contributed by atoms with Crippen molar-refractivity contribution in [1.29, 1.82) is 0 Å². The first kappa shape index (κ1) is 18.2. The first-order chi connectivity index (χ1) is 10.9. The lowest BCUT2D eigenvalue weighted by Crippen LogP contribution is -2.48. The van der Waals surface area contributed by atoms with Crippen molar-refractivity contribution in [2.24, 2.45) is 0 Å². The summed E-state index contributed by atoms with van der Waals surface area (Å²) >= 11 is 5.64. The van der Waals surface area contributed by atoms with Gasteiger partial charge in [-0.2, -0.15) is 0 Å². The molecule has 0 saturated carbocycles. The second-order valence-electron chi connectivity index (χ2n) is 6.89. The van der Waals surface area contributed by atoms with Crippen LogP contribution in [0.2, 0.25) is 0 Å². The number of hydrogen-bond donors (Lipinski definition) is 1. The normalized spacial score (nSPS) is 17.4. The number of nitrogens with one attached hydrogen (secondary N) is 1. The fourth-order valence-electron chi connectivity index (χ4n) is 3.19. The van der Waals surface area contributed by atoms with Crippen LogP contribution >= 0.6 is 12.2 Å². The third kappa shape index (κ3) is 4.67. The lowest BCUT2D eigenvalue weighted by Gasteiger charge is -2.40. The first-order valence-electron chi connectivity index (χ1n) is 8.77. The van der Waals surface area contributed by atoms with E-state index in [2.05, 4.69) is 68.1 Å². The molecule has 1 atom stereocenters. The number of anilines is 1. The zero-order valence-corrected chi connectivity index (χ0v) is 16.0. The molecule has 0 aromatic heterocycles. The highest BCUT2D eigenvalue weighted by molar-refractivity contribution is 7.80. The van der Waals surface area contributed by atoms with Crippen LogP contribution in [0.3, 0.4) is 0 Å². The number of nitrogens with zero attached hydrogens (tertiary/aromatic N) is 2. The molecule has 1 aliphatic heterocycles. The molecule has 1 saturated heterocycles. The Balaban J connectivity index is 1.90. The van der Waals surface area contributed by atoms with E-state index in [9.17, 15) is 0 Å². The van der Waals surface area contributed by atoms with E-state index in [1.165, 1.54) is 30.4 Å². The minimum Gasteiger partial charge on any atom is -0.349 e. The maximum Gasteiger partial charge on any atom is 0.173 e. The summed E-state index contributed by atoms with van der Waals surface area (Å²) in [7, 11) is 2.27. The maximum absolute atomic E-state index is 5.64. The van der Waals surface area contributed by atoms with Crippen molar-refractivity contribution >= 4 is 23.0 Å². The smallest absolute Gasteiger partial charge is 0.173 e. The van der Waals surface area contributed by atoms with Crippen LogP contribution in [-0.2, 0) is 0 Å². The third-order valence-corrected chi connectivity index (χ3v) is 5.61. The van der Waals surface area contributed by atoms with Gasteiger partial charge >= 0.3 is 0 Å². The molecule has 4 heteroatoms. The number of likely N-dealkylation sites (tertiary alicyclic amines) is 1. The highest BCUT2D eigenvalue weighted by atomic mass is 32.1. The summed E-state index contributed by atoms with van der Waals surface area (Å²) in [6, 6.07) is 7.80. The number of aryl methyl sites for hydroxylation is 2. The monoisotopic (exact) mass is 333 g/mol. The zero-order chi connectivity index (χ0) is 17.0. The number of benzene rings is 1. The maximum atomic E-state index is 5.64. The van der Waals surface area contributed by atoms with Crippen molar-refractivity contribution in [2.45, 2.75) is 59.0 Å². The Labute approximate surface area is 147 Å². The molecule has 2 rings (SSSR count). The molecule has 0 unspecified atom stereocenters. The van der Waals surface area contributed by atoms with Crippen LogP contribution in [0.5, 0.6) is 0 Å². The number of thiocarbonyl (C=S) groups is 1. The molecule has 1 aromatic rings. The van der Waals surface area contributed by atoms with E-state index < -0.39 is 0 Å². The quantitative estimate of drug-likeness (QED) is 0.832. The van der Waals surface area contributed by atoms with Crippen molar-refractivity contribution in [1.82, 2.24) is 9.80 Å². The summed E-state index contributed by atoms with van der Waals surface area (Å²) < 4.78 is 0. The number of rotatable bonds is 4. The SMILES string of the molecule is CC[C@@H](C)N(C)C1CCN(C(=S)Nc2cc(C)ccc2C)CC1. The van der Waals surface area contributed by atoms with Crippen molar-refractivity contribution < 1.29 is 0 Å². The topological polar surface area (TPSA) is 18.5 Å². The third-order valence-electron chi connectivity index (χ3n) is 5.25. The van der Waals surface area contributed by atoms with Gasteiger partial charge in [0.05, 0.1) is 0 Å². The lowest BCUT2D eigenvalue weighted by molar-refractivity contribution is 0.126. The summed E-state index contributed by atoms with van der Waals surface area (Å²) in [5.74, 6) is 0. The molecule has 1 heterocycles. The van der Waals surface area contributed by atoms with Gasteiger partial charge in [-0.25, -0.2) is 0 Å². The summed E-state index contributed by atoms with van der Waals surface area (Å²) in [6.45, 7) is 10.9. The van der Waals surface area contributed by atoms with Crippen LogP contribution in [0.1, 0.15) is 44.2 Å². The van der Waals surface area contributed by atoms with Gasteiger partial charge in [0.15, 0.2) is 5.11 Å². The summed E-state index contributed by atoms with van der Waals surface area (Å²) in [6.07, 6.45) is 3.59. The predicted octanol–water partition coefficient (Wildman–Crippen LogP) is 4.19. The Bertz CT molecular complexity index is 535. The molecule has 0 amide bonds. The van der Waals surface area contributed by atoms with Crippen LogP contribution in [0.15, 0.2) is 18.2 Å². The van der Waals surface area contributed by atoms with Crippen LogP contribution < -0.4 is 5.32 Å². The standard InChI is InChI=1S/C19H31N3S/c1-6-16(4)21(5)17-9-11-22(12-10-17)19(23)20-18-13-14(2)7-8-15(18)3/h7-8,13,16-17H,6,9-12H2,1-5H3,(H,20,23)/t16-/m1/s1. The molecule has 0 radical (unpaired) electrons. The van der Waals surface area contributed by atoms with E-state index in [1.54, 1.807) is 0 Å². The Morgan fingerprint density at radius 3 is 2.61 bits per heavy atom. The van der Waals surface area contributed by atoms with Crippen molar-refractivity contribution in [3.05, 3.63) is 29.3 Å². The molecule has 1 fully saturated rings. The largest absolute Gasteiger partial charge is 0.349 e. The second-order valence-corrected chi connectivity index (χ2v) is 7.28. The van der Waals surface area contributed by atoms with Gasteiger partial charge in [-0.15, -0.1) is 0 Å². The van der Waals surface area contributed by atoms with Gasteiger partial charge in [0.25, 0.3) is 0 Å². The minimum atomic E-state index is 0.659. The molecule has 1 N–H and O–H groups in total. The molecule has 1 aliphatic rings. The fourth-order valence-corrected chi connectivity index (χ4v) is 3.48. The molecule has 0 spiro atoms. The van der Waals surface area contributed by atoms with Gasteiger partial charge in [0.1, 0.15) is 0 Å². The molecule has 1 aromatic carbocycles. The summed E-state index contributed by atoms with van der Waals surface area (Å²) in [5.41, 5.74) is 3.63. The highest BCUT2D eigenvalue weighted by Crippen LogP contribution is 2.21. The van der Waals surface area contributed by atoms with Crippen LogP contribution in [0, 0.1) is 13.8 Å². The molecule has 0 bridgehead atoms. The second kappa shape index (κ2) is 8.11. The molecule has 128 valence electrons. The summed E-state index contributed by atoms with van der Waals surface area (Å²) in [5, 5.41) is 4.31. The van der Waals surface area contributed by atoms with Crippen LogP contribution in [-0.4, -0.2) is 47.1 Å². The molecular weight excluding hydrogens is 302 g/mol. The van der Waals surface area contributed by atoms with Gasteiger partial charge in [0, 0.05) is 30.9 Å². The van der Waals surface area contributed by atoms with Gasteiger partial charge in [0.2, 0.25) is 0 Å². The summed E-state index contributed by atoms with van der Waals surface area (Å²) in [4.78, 5) is 4.86. The average Bonchev–Trinajstić information content (AvgIpc) is 2.56. The zero-order valence-electron chi connectivity index (χ0n) is 15.2. The van der Waals surface area contributed by atoms with Gasteiger partial charge in [-0.3, -0.25) is 0 Å². The van der Waals surface area contributed by atoms with E-state index in [0.29, 0.717) is 12.1 Å². The van der Waals surface area contributed by atoms with Crippen molar-refractivity contribution in [3.63, 3.8) is 0 Å². The molecule has 23 heavy (non-hydrogen) atoms. The Morgan fingerprint density at radius 2 is 2.00 bits per heavy atom. The van der Waals surface area contributed by atoms with Gasteiger partial charge < -0.3 is 15.1 Å². The van der Waals surface area contributed by atoms with Crippen molar-refractivity contribution in [2.75, 3.05) is 25.5 Å². The van der Waals surface area contributed by atoms with E-state index in [0.717, 1.165) is 23.9 Å². The molecule has 0 aliphatic carbocycles. The van der Waals surface area contributed by atoms with Crippen LogP contribution in [0.4, 0.5) is 5.69 Å². The Kier molecular flexibility index (Phi) is 6.42. The minimum absolute atomic E-state index is 0.659. The van der Waals surface area contributed by atoms with Gasteiger partial charge in [-0.05, 0) is 76.5 Å². The Hall–Kier alpha value is -1.13. The van der Waals surface area contributed by atoms with E-state index in [1.807, 2.05) is 0 Å². The van der Waals surface area contributed by atoms with E-state index in [4.69, 9.17) is 12.2 Å².